The standard InChI is InChI=1S/C19H19Cl2NO4/c1-26-11-13-4-2-3-12(5-13)9-18(23)22-17(19(24)25)8-14-6-15(20)10-16(21)7-14/h2-7,10,17H,8-9,11H2,1H3,(H,22,23)(H,24,25). The molecule has 0 spiro atoms. The molecule has 1 unspecified atom stereocenters. The Bertz CT molecular complexity index is 775. The first kappa shape index (κ1) is 20.2. The van der Waals surface area contributed by atoms with Gasteiger partial charge in [-0.3, -0.25) is 4.79 Å². The highest BCUT2D eigenvalue weighted by Crippen LogP contribution is 2.20. The molecule has 0 bridgehead atoms. The first-order valence-electron chi connectivity index (χ1n) is 7.91. The topological polar surface area (TPSA) is 75.6 Å². The second-order valence-electron chi connectivity index (χ2n) is 5.87. The van der Waals surface area contributed by atoms with E-state index in [0.717, 1.165) is 11.1 Å². The molecule has 0 aliphatic carbocycles. The van der Waals surface area contributed by atoms with Crippen LogP contribution in [0.15, 0.2) is 42.5 Å². The summed E-state index contributed by atoms with van der Waals surface area (Å²) in [5.41, 5.74) is 2.37. The van der Waals surface area contributed by atoms with Crippen molar-refractivity contribution in [2.75, 3.05) is 7.11 Å². The van der Waals surface area contributed by atoms with Crippen LogP contribution in [0.1, 0.15) is 16.7 Å². The molecule has 7 heteroatoms. The van der Waals surface area contributed by atoms with E-state index in [4.69, 9.17) is 27.9 Å². The lowest BCUT2D eigenvalue weighted by molar-refractivity contribution is -0.141. The molecular weight excluding hydrogens is 377 g/mol. The predicted molar refractivity (Wildman–Crippen MR) is 101 cm³/mol. The Kier molecular flexibility index (Phi) is 7.45. The number of hydrogen-bond donors (Lipinski definition) is 2. The number of halogens is 2. The van der Waals surface area contributed by atoms with E-state index in [1.54, 1.807) is 25.3 Å². The Morgan fingerprint density at radius 2 is 1.73 bits per heavy atom. The number of carboxylic acid groups (broad SMARTS) is 1. The average molecular weight is 396 g/mol. The number of aliphatic carboxylic acids is 1. The van der Waals surface area contributed by atoms with Crippen LogP contribution in [0.5, 0.6) is 0 Å². The summed E-state index contributed by atoms with van der Waals surface area (Å²) in [5.74, 6) is -1.50. The van der Waals surface area contributed by atoms with Crippen molar-refractivity contribution in [3.63, 3.8) is 0 Å². The van der Waals surface area contributed by atoms with E-state index in [-0.39, 0.29) is 18.7 Å². The lowest BCUT2D eigenvalue weighted by Gasteiger charge is -2.15. The zero-order valence-electron chi connectivity index (χ0n) is 14.2. The van der Waals surface area contributed by atoms with E-state index in [2.05, 4.69) is 5.32 Å². The monoisotopic (exact) mass is 395 g/mol. The van der Waals surface area contributed by atoms with Crippen LogP contribution in [-0.2, 0) is 33.8 Å². The van der Waals surface area contributed by atoms with Crippen LogP contribution in [0.25, 0.3) is 0 Å². The zero-order chi connectivity index (χ0) is 19.1. The fourth-order valence-corrected chi connectivity index (χ4v) is 3.16. The maximum absolute atomic E-state index is 12.3. The van der Waals surface area contributed by atoms with Gasteiger partial charge in [0.15, 0.2) is 0 Å². The van der Waals surface area contributed by atoms with E-state index in [1.807, 2.05) is 24.3 Å². The molecule has 2 N–H and O–H groups in total. The number of ether oxygens (including phenoxy) is 1. The number of carbonyl (C=O) groups is 2. The highest BCUT2D eigenvalue weighted by molar-refractivity contribution is 6.34. The van der Waals surface area contributed by atoms with Crippen molar-refractivity contribution in [2.24, 2.45) is 0 Å². The molecule has 2 aromatic carbocycles. The Hall–Kier alpha value is -2.08. The molecule has 0 aliphatic heterocycles. The summed E-state index contributed by atoms with van der Waals surface area (Å²) in [7, 11) is 1.60. The van der Waals surface area contributed by atoms with Crippen LogP contribution in [0.4, 0.5) is 0 Å². The number of benzene rings is 2. The van der Waals surface area contributed by atoms with Crippen molar-refractivity contribution in [3.05, 3.63) is 69.2 Å². The lowest BCUT2D eigenvalue weighted by atomic mass is 10.0. The van der Waals surface area contributed by atoms with Crippen molar-refractivity contribution in [2.45, 2.75) is 25.5 Å². The van der Waals surface area contributed by atoms with E-state index in [1.165, 1.54) is 0 Å². The van der Waals surface area contributed by atoms with Crippen LogP contribution in [0.3, 0.4) is 0 Å². The van der Waals surface area contributed by atoms with Crippen molar-refractivity contribution in [1.29, 1.82) is 0 Å². The molecular formula is C19H19Cl2NO4. The van der Waals surface area contributed by atoms with Crippen LogP contribution in [0, 0.1) is 0 Å². The van der Waals surface area contributed by atoms with E-state index in [9.17, 15) is 14.7 Å². The summed E-state index contributed by atoms with van der Waals surface area (Å²) >= 11 is 11.9. The molecule has 138 valence electrons. The number of rotatable bonds is 8. The van der Waals surface area contributed by atoms with Gasteiger partial charge in [0.1, 0.15) is 6.04 Å². The molecule has 0 aliphatic rings. The molecule has 1 amide bonds. The minimum Gasteiger partial charge on any atom is -0.480 e. The summed E-state index contributed by atoms with van der Waals surface area (Å²) in [5, 5.41) is 12.8. The zero-order valence-corrected chi connectivity index (χ0v) is 15.7. The average Bonchev–Trinajstić information content (AvgIpc) is 2.53. The van der Waals surface area contributed by atoms with Gasteiger partial charge < -0.3 is 15.2 Å². The van der Waals surface area contributed by atoms with Crippen LogP contribution in [0.2, 0.25) is 10.0 Å². The number of nitrogens with one attached hydrogen (secondary N) is 1. The van der Waals surface area contributed by atoms with E-state index < -0.39 is 12.0 Å². The Morgan fingerprint density at radius 3 is 2.35 bits per heavy atom. The fraction of sp³-hybridized carbons (Fsp3) is 0.263. The summed E-state index contributed by atoms with van der Waals surface area (Å²) in [6, 6.07) is 11.1. The SMILES string of the molecule is COCc1cccc(CC(=O)NC(Cc2cc(Cl)cc(Cl)c2)C(=O)O)c1. The van der Waals surface area contributed by atoms with Gasteiger partial charge in [-0.05, 0) is 34.9 Å². The van der Waals surface area contributed by atoms with E-state index >= 15 is 0 Å². The summed E-state index contributed by atoms with van der Waals surface area (Å²) in [4.78, 5) is 23.8. The number of methoxy groups -OCH3 is 1. The van der Waals surface area contributed by atoms with Crippen molar-refractivity contribution >= 4 is 35.1 Å². The van der Waals surface area contributed by atoms with Crippen LogP contribution >= 0.6 is 23.2 Å². The highest BCUT2D eigenvalue weighted by atomic mass is 35.5. The molecule has 0 heterocycles. The molecule has 0 saturated heterocycles. The third-order valence-electron chi connectivity index (χ3n) is 3.66. The molecule has 26 heavy (non-hydrogen) atoms. The molecule has 0 aromatic heterocycles. The summed E-state index contributed by atoms with van der Waals surface area (Å²) in [6.07, 6.45) is 0.169. The third kappa shape index (κ3) is 6.33. The lowest BCUT2D eigenvalue weighted by Crippen LogP contribution is -2.43. The van der Waals surface area contributed by atoms with Gasteiger partial charge in [-0.2, -0.15) is 0 Å². The summed E-state index contributed by atoms with van der Waals surface area (Å²) in [6.45, 7) is 0.447. The fourth-order valence-electron chi connectivity index (χ4n) is 2.59. The first-order chi connectivity index (χ1) is 12.4. The third-order valence-corrected chi connectivity index (χ3v) is 4.10. The van der Waals surface area contributed by atoms with Crippen LogP contribution in [-0.4, -0.2) is 30.1 Å². The molecule has 0 fully saturated rings. The number of hydrogen-bond acceptors (Lipinski definition) is 3. The Balaban J connectivity index is 2.03. The number of amides is 1. The smallest absolute Gasteiger partial charge is 0.326 e. The molecule has 5 nitrogen and oxygen atoms in total. The van der Waals surface area contributed by atoms with Crippen molar-refractivity contribution < 1.29 is 19.4 Å². The van der Waals surface area contributed by atoms with E-state index in [0.29, 0.717) is 22.2 Å². The molecule has 1 atom stereocenters. The first-order valence-corrected chi connectivity index (χ1v) is 8.67. The van der Waals surface area contributed by atoms with Gasteiger partial charge in [0.2, 0.25) is 5.91 Å². The largest absolute Gasteiger partial charge is 0.480 e. The second-order valence-corrected chi connectivity index (χ2v) is 6.74. The maximum atomic E-state index is 12.3. The van der Waals surface area contributed by atoms with Gasteiger partial charge in [-0.15, -0.1) is 0 Å². The molecule has 0 radical (unpaired) electrons. The van der Waals surface area contributed by atoms with Gasteiger partial charge in [0.05, 0.1) is 13.0 Å². The van der Waals surface area contributed by atoms with Gasteiger partial charge >= 0.3 is 5.97 Å². The quantitative estimate of drug-likeness (QED) is 0.716. The van der Waals surface area contributed by atoms with Gasteiger partial charge in [0.25, 0.3) is 0 Å². The van der Waals surface area contributed by atoms with Crippen molar-refractivity contribution in [3.8, 4) is 0 Å². The van der Waals surface area contributed by atoms with Crippen molar-refractivity contribution in [1.82, 2.24) is 5.32 Å². The minimum absolute atomic E-state index is 0.0810. The Morgan fingerprint density at radius 1 is 1.08 bits per heavy atom. The molecule has 2 rings (SSSR count). The normalized spacial score (nSPS) is 11.8. The van der Waals surface area contributed by atoms with Gasteiger partial charge in [-0.25, -0.2) is 4.79 Å². The highest BCUT2D eigenvalue weighted by Gasteiger charge is 2.21. The number of carbonyl (C=O) groups excluding carboxylic acids is 1. The second kappa shape index (κ2) is 9.57. The molecule has 0 saturated carbocycles. The van der Waals surface area contributed by atoms with Gasteiger partial charge in [0, 0.05) is 23.6 Å². The maximum Gasteiger partial charge on any atom is 0.326 e. The Labute approximate surface area is 161 Å². The number of carboxylic acids is 1. The van der Waals surface area contributed by atoms with Gasteiger partial charge in [-0.1, -0.05) is 47.5 Å². The molecule has 2 aromatic rings. The minimum atomic E-state index is -1.12. The summed E-state index contributed by atoms with van der Waals surface area (Å²) < 4.78 is 5.07. The predicted octanol–water partition coefficient (Wildman–Crippen LogP) is 3.49. The van der Waals surface area contributed by atoms with Crippen LogP contribution < -0.4 is 5.32 Å².